The standard InChI is InChI=1S/C50H27N7/c51-28-32-9-7-15-38(21-32)41-25-40(46-27-45(36-11-3-1-4-12-36)55-50(56-46)37-13-5-2-6-14-37)26-42(39-16-8-10-33(22-39)29-52)49(41)57-47-19-17-34(30-53)23-43(47)44-24-35(31-54)18-20-48(44)57/h1-27H. The predicted molar refractivity (Wildman–Crippen MR) is 222 cm³/mol. The van der Waals surface area contributed by atoms with E-state index >= 15 is 0 Å². The van der Waals surface area contributed by atoms with Crippen LogP contribution in [0, 0.1) is 45.3 Å². The first-order valence-electron chi connectivity index (χ1n) is 18.1. The molecule has 0 aliphatic rings. The molecule has 9 rings (SSSR count). The van der Waals surface area contributed by atoms with Crippen LogP contribution in [0.5, 0.6) is 0 Å². The summed E-state index contributed by atoms with van der Waals surface area (Å²) in [4.78, 5) is 10.2. The summed E-state index contributed by atoms with van der Waals surface area (Å²) >= 11 is 0. The molecule has 0 N–H and O–H groups in total. The highest BCUT2D eigenvalue weighted by Gasteiger charge is 2.23. The van der Waals surface area contributed by atoms with Crippen LogP contribution in [-0.4, -0.2) is 14.5 Å². The lowest BCUT2D eigenvalue weighted by Gasteiger charge is -2.21. The minimum atomic E-state index is 0.496. The normalized spacial score (nSPS) is 10.7. The van der Waals surface area contributed by atoms with E-state index in [1.165, 1.54) is 0 Å². The second-order valence-corrected chi connectivity index (χ2v) is 13.5. The van der Waals surface area contributed by atoms with Crippen LogP contribution in [-0.2, 0) is 0 Å². The molecule has 0 bridgehead atoms. The van der Waals surface area contributed by atoms with Crippen molar-refractivity contribution < 1.29 is 0 Å². The molecule has 0 fully saturated rings. The molecule has 262 valence electrons. The summed E-state index contributed by atoms with van der Waals surface area (Å²) in [6.45, 7) is 0. The molecule has 7 heteroatoms. The summed E-state index contributed by atoms with van der Waals surface area (Å²) in [6, 6.07) is 61.4. The molecule has 0 unspecified atom stereocenters. The second-order valence-electron chi connectivity index (χ2n) is 13.5. The van der Waals surface area contributed by atoms with E-state index in [9.17, 15) is 21.0 Å². The Morgan fingerprint density at radius 2 is 0.807 bits per heavy atom. The van der Waals surface area contributed by atoms with E-state index in [-0.39, 0.29) is 0 Å². The third-order valence-corrected chi connectivity index (χ3v) is 10.1. The Bertz CT molecular complexity index is 3020. The fourth-order valence-corrected chi connectivity index (χ4v) is 7.45. The zero-order chi connectivity index (χ0) is 38.9. The van der Waals surface area contributed by atoms with Gasteiger partial charge in [-0.25, -0.2) is 9.97 Å². The molecule has 2 aromatic heterocycles. The van der Waals surface area contributed by atoms with Crippen molar-refractivity contribution in [3.05, 3.63) is 186 Å². The summed E-state index contributed by atoms with van der Waals surface area (Å²) in [5.41, 5.74) is 11.7. The van der Waals surface area contributed by atoms with Gasteiger partial charge in [0.1, 0.15) is 0 Å². The van der Waals surface area contributed by atoms with Crippen molar-refractivity contribution in [1.29, 1.82) is 21.0 Å². The van der Waals surface area contributed by atoms with Crippen molar-refractivity contribution >= 4 is 21.8 Å². The van der Waals surface area contributed by atoms with Crippen LogP contribution in [0.3, 0.4) is 0 Å². The lowest BCUT2D eigenvalue weighted by molar-refractivity contribution is 1.17. The lowest BCUT2D eigenvalue weighted by Crippen LogP contribution is -2.03. The highest BCUT2D eigenvalue weighted by atomic mass is 15.0. The number of fused-ring (bicyclic) bond motifs is 3. The molecule has 57 heavy (non-hydrogen) atoms. The predicted octanol–water partition coefficient (Wildman–Crippen LogP) is 11.4. The van der Waals surface area contributed by atoms with Gasteiger partial charge in [-0.2, -0.15) is 21.0 Å². The van der Waals surface area contributed by atoms with Gasteiger partial charge in [-0.1, -0.05) is 84.9 Å². The summed E-state index contributed by atoms with van der Waals surface area (Å²) in [5.74, 6) is 0.570. The number of hydrogen-bond donors (Lipinski definition) is 0. The van der Waals surface area contributed by atoms with Gasteiger partial charge in [-0.3, -0.25) is 0 Å². The molecule has 0 saturated carbocycles. The lowest BCUT2D eigenvalue weighted by atomic mass is 9.90. The molecule has 7 nitrogen and oxygen atoms in total. The monoisotopic (exact) mass is 725 g/mol. The summed E-state index contributed by atoms with van der Waals surface area (Å²) in [5, 5.41) is 41.7. The van der Waals surface area contributed by atoms with Gasteiger partial charge in [-0.05, 0) is 90.0 Å². The third kappa shape index (κ3) is 6.21. The first-order chi connectivity index (χ1) is 28.0. The van der Waals surface area contributed by atoms with Gasteiger partial charge in [0.2, 0.25) is 0 Å². The Morgan fingerprint density at radius 3 is 1.30 bits per heavy atom. The van der Waals surface area contributed by atoms with Gasteiger partial charge in [-0.15, -0.1) is 0 Å². The van der Waals surface area contributed by atoms with Crippen LogP contribution in [0.4, 0.5) is 0 Å². The minimum Gasteiger partial charge on any atom is -0.308 e. The Hall–Kier alpha value is -8.62. The number of hydrogen-bond acceptors (Lipinski definition) is 6. The smallest absolute Gasteiger partial charge is 0.160 e. The molecule has 0 spiro atoms. The fraction of sp³-hybridized carbons (Fsp3) is 0. The number of aromatic nitrogens is 3. The second kappa shape index (κ2) is 14.3. The zero-order valence-corrected chi connectivity index (χ0v) is 30.2. The zero-order valence-electron chi connectivity index (χ0n) is 30.2. The van der Waals surface area contributed by atoms with Crippen LogP contribution in [0.15, 0.2) is 164 Å². The van der Waals surface area contributed by atoms with Crippen molar-refractivity contribution in [2.45, 2.75) is 0 Å². The van der Waals surface area contributed by atoms with Crippen molar-refractivity contribution in [2.24, 2.45) is 0 Å². The van der Waals surface area contributed by atoms with Crippen LogP contribution in [0.25, 0.3) is 83.6 Å². The van der Waals surface area contributed by atoms with E-state index in [4.69, 9.17) is 9.97 Å². The first-order valence-corrected chi connectivity index (χ1v) is 18.1. The maximum Gasteiger partial charge on any atom is 0.160 e. The van der Waals surface area contributed by atoms with Crippen LogP contribution in [0.1, 0.15) is 22.3 Å². The molecular weight excluding hydrogens is 699 g/mol. The van der Waals surface area contributed by atoms with E-state index < -0.39 is 0 Å². The van der Waals surface area contributed by atoms with Gasteiger partial charge >= 0.3 is 0 Å². The number of benzene rings is 7. The molecule has 7 aromatic carbocycles. The third-order valence-electron chi connectivity index (χ3n) is 10.1. The van der Waals surface area contributed by atoms with Crippen molar-refractivity contribution in [1.82, 2.24) is 14.5 Å². The van der Waals surface area contributed by atoms with Crippen molar-refractivity contribution in [2.75, 3.05) is 0 Å². The molecule has 0 radical (unpaired) electrons. The van der Waals surface area contributed by atoms with E-state index in [2.05, 4.69) is 41.0 Å². The molecule has 9 aromatic rings. The van der Waals surface area contributed by atoms with Gasteiger partial charge < -0.3 is 4.57 Å². The van der Waals surface area contributed by atoms with Crippen LogP contribution >= 0.6 is 0 Å². The topological polar surface area (TPSA) is 126 Å². The van der Waals surface area contributed by atoms with E-state index in [1.807, 2.05) is 127 Å². The molecule has 0 saturated heterocycles. The number of rotatable bonds is 6. The number of nitriles is 4. The SMILES string of the molecule is N#Cc1cccc(-c2cc(-c3cc(-c4ccccc4)nc(-c4ccccc4)n3)cc(-c3cccc(C#N)c3)c2-n2c3ccc(C#N)cc3c3cc(C#N)ccc32)c1. The Morgan fingerprint density at radius 1 is 0.368 bits per heavy atom. The summed E-state index contributed by atoms with van der Waals surface area (Å²) in [7, 11) is 0. The molecule has 0 atom stereocenters. The Labute approximate surface area is 328 Å². The van der Waals surface area contributed by atoms with Gasteiger partial charge in [0.25, 0.3) is 0 Å². The largest absolute Gasteiger partial charge is 0.308 e. The number of nitrogens with zero attached hydrogens (tertiary/aromatic N) is 7. The average molecular weight is 726 g/mol. The summed E-state index contributed by atoms with van der Waals surface area (Å²) in [6.07, 6.45) is 0. The van der Waals surface area contributed by atoms with Gasteiger partial charge in [0, 0.05) is 38.6 Å². The Kier molecular flexibility index (Phi) is 8.58. The highest BCUT2D eigenvalue weighted by Crippen LogP contribution is 2.44. The fourth-order valence-electron chi connectivity index (χ4n) is 7.45. The van der Waals surface area contributed by atoms with Crippen molar-refractivity contribution in [3.63, 3.8) is 0 Å². The first kappa shape index (κ1) is 34.2. The highest BCUT2D eigenvalue weighted by molar-refractivity contribution is 6.11. The Balaban J connectivity index is 1.45. The molecule has 2 heterocycles. The molecule has 0 amide bonds. The maximum atomic E-state index is 10.1. The van der Waals surface area contributed by atoms with E-state index in [1.54, 1.807) is 24.3 Å². The minimum absolute atomic E-state index is 0.496. The van der Waals surface area contributed by atoms with E-state index in [0.29, 0.717) is 33.8 Å². The quantitative estimate of drug-likeness (QED) is 0.168. The molecule has 0 aliphatic carbocycles. The van der Waals surface area contributed by atoms with Crippen molar-refractivity contribution in [3.8, 4) is 86.1 Å². The van der Waals surface area contributed by atoms with Gasteiger partial charge in [0.15, 0.2) is 5.82 Å². The average Bonchev–Trinajstić information content (AvgIpc) is 3.61. The maximum absolute atomic E-state index is 10.1. The molecular formula is C50H27N7. The van der Waals surface area contributed by atoms with Crippen LogP contribution in [0.2, 0.25) is 0 Å². The van der Waals surface area contributed by atoms with E-state index in [0.717, 1.165) is 72.1 Å². The van der Waals surface area contributed by atoms with Crippen LogP contribution < -0.4 is 0 Å². The van der Waals surface area contributed by atoms with Gasteiger partial charge in [0.05, 0.1) is 74.6 Å². The molecule has 0 aliphatic heterocycles. The summed E-state index contributed by atoms with van der Waals surface area (Å²) < 4.78 is 2.16.